The normalized spacial score (nSPS) is 19.8. The van der Waals surface area contributed by atoms with Crippen molar-refractivity contribution in [3.8, 4) is 5.75 Å². The number of hydrogen-bond acceptors (Lipinski definition) is 2. The molecule has 0 aliphatic heterocycles. The fraction of sp³-hybridized carbons (Fsp3) is 0.625. The van der Waals surface area contributed by atoms with Crippen LogP contribution in [0.3, 0.4) is 0 Å². The molecule has 1 fully saturated rings. The number of nitrogens with zero attached hydrogens (tertiary/aromatic N) is 1. The van der Waals surface area contributed by atoms with E-state index in [4.69, 9.17) is 0 Å². The van der Waals surface area contributed by atoms with E-state index in [2.05, 4.69) is 41.7 Å². The molecule has 0 bridgehead atoms. The van der Waals surface area contributed by atoms with Crippen LogP contribution in [0.5, 0.6) is 5.75 Å². The Hall–Kier alpha value is -0.540. The highest BCUT2D eigenvalue weighted by Gasteiger charge is 2.28. The maximum absolute atomic E-state index is 9.59. The van der Waals surface area contributed by atoms with Gasteiger partial charge in [-0.1, -0.05) is 29.8 Å². The lowest BCUT2D eigenvalue weighted by Gasteiger charge is -2.38. The summed E-state index contributed by atoms with van der Waals surface area (Å²) in [6.45, 7) is 5.63. The summed E-state index contributed by atoms with van der Waals surface area (Å²) in [5, 5.41) is 9.59. The summed E-state index contributed by atoms with van der Waals surface area (Å²) in [6.07, 6.45) is 5.17. The molecule has 2 nitrogen and oxygen atoms in total. The van der Waals surface area contributed by atoms with Gasteiger partial charge >= 0.3 is 0 Å². The Morgan fingerprint density at radius 2 is 1.95 bits per heavy atom. The van der Waals surface area contributed by atoms with Crippen molar-refractivity contribution in [3.05, 3.63) is 28.2 Å². The molecule has 106 valence electrons. The minimum Gasteiger partial charge on any atom is -0.508 e. The minimum absolute atomic E-state index is 0.344. The lowest BCUT2D eigenvalue weighted by Crippen LogP contribution is -2.36. The highest BCUT2D eigenvalue weighted by Crippen LogP contribution is 2.37. The molecular weight excluding hydrogens is 302 g/mol. The number of rotatable bonds is 3. The van der Waals surface area contributed by atoms with Crippen LogP contribution < -0.4 is 0 Å². The van der Waals surface area contributed by atoms with Gasteiger partial charge in [-0.3, -0.25) is 4.90 Å². The van der Waals surface area contributed by atoms with Crippen LogP contribution in [0, 0.1) is 5.41 Å². The summed E-state index contributed by atoms with van der Waals surface area (Å²) < 4.78 is 1.08. The number of hydrogen-bond donors (Lipinski definition) is 1. The van der Waals surface area contributed by atoms with Gasteiger partial charge < -0.3 is 5.11 Å². The zero-order valence-corrected chi connectivity index (χ0v) is 13.7. The molecule has 1 saturated carbocycles. The van der Waals surface area contributed by atoms with Crippen molar-refractivity contribution in [2.45, 2.75) is 52.1 Å². The Bertz CT molecular complexity index is 434. The monoisotopic (exact) mass is 325 g/mol. The van der Waals surface area contributed by atoms with Crippen molar-refractivity contribution >= 4 is 15.9 Å². The van der Waals surface area contributed by atoms with E-state index >= 15 is 0 Å². The lowest BCUT2D eigenvalue weighted by atomic mass is 9.75. The second-order valence-electron chi connectivity index (χ2n) is 6.59. The SMILES string of the molecule is CN(Cc1cc(O)ccc1Br)C1CCC(C)(C)CC1. The molecule has 0 atom stereocenters. The standard InChI is InChI=1S/C16H24BrNO/c1-16(2)8-6-13(7-9-16)18(3)11-12-10-14(19)4-5-15(12)17/h4-5,10,13,19H,6-9,11H2,1-3H3. The second kappa shape index (κ2) is 5.84. The first-order valence-electron chi connectivity index (χ1n) is 7.05. The largest absolute Gasteiger partial charge is 0.508 e. The zero-order chi connectivity index (χ0) is 14.0. The Morgan fingerprint density at radius 3 is 2.58 bits per heavy atom. The van der Waals surface area contributed by atoms with Crippen molar-refractivity contribution < 1.29 is 5.11 Å². The van der Waals surface area contributed by atoms with E-state index in [1.807, 2.05) is 12.1 Å². The molecule has 1 aliphatic carbocycles. The highest BCUT2D eigenvalue weighted by molar-refractivity contribution is 9.10. The predicted octanol–water partition coefficient (Wildman–Crippen LogP) is 4.56. The average Bonchev–Trinajstić information content (AvgIpc) is 2.33. The Morgan fingerprint density at radius 1 is 1.32 bits per heavy atom. The van der Waals surface area contributed by atoms with Crippen LogP contribution in [0.2, 0.25) is 0 Å². The highest BCUT2D eigenvalue weighted by atomic mass is 79.9. The molecule has 0 unspecified atom stereocenters. The molecule has 19 heavy (non-hydrogen) atoms. The first-order chi connectivity index (χ1) is 8.87. The molecule has 0 spiro atoms. The fourth-order valence-electron chi connectivity index (χ4n) is 2.90. The molecule has 0 radical (unpaired) electrons. The molecule has 3 heteroatoms. The summed E-state index contributed by atoms with van der Waals surface area (Å²) in [6, 6.07) is 6.16. The van der Waals surface area contributed by atoms with Gasteiger partial charge in [0.1, 0.15) is 5.75 Å². The van der Waals surface area contributed by atoms with Gasteiger partial charge in [-0.05, 0) is 61.9 Å². The molecule has 1 aliphatic rings. The van der Waals surface area contributed by atoms with E-state index in [-0.39, 0.29) is 0 Å². The number of phenolic OH excluding ortho intramolecular Hbond substituents is 1. The molecule has 0 saturated heterocycles. The number of halogens is 1. The number of benzene rings is 1. The van der Waals surface area contributed by atoms with Crippen LogP contribution in [0.4, 0.5) is 0 Å². The maximum atomic E-state index is 9.59. The van der Waals surface area contributed by atoms with Crippen molar-refractivity contribution in [1.29, 1.82) is 0 Å². The van der Waals surface area contributed by atoms with E-state index in [0.29, 0.717) is 17.2 Å². The van der Waals surface area contributed by atoms with Gasteiger partial charge in [-0.2, -0.15) is 0 Å². The maximum Gasteiger partial charge on any atom is 0.115 e. The molecule has 1 aromatic rings. The molecule has 0 amide bonds. The van der Waals surface area contributed by atoms with Crippen molar-refractivity contribution in [2.75, 3.05) is 7.05 Å². The van der Waals surface area contributed by atoms with E-state index in [1.54, 1.807) is 6.07 Å². The van der Waals surface area contributed by atoms with Crippen LogP contribution in [-0.4, -0.2) is 23.1 Å². The van der Waals surface area contributed by atoms with Gasteiger partial charge in [0, 0.05) is 17.1 Å². The summed E-state index contributed by atoms with van der Waals surface area (Å²) in [4.78, 5) is 2.43. The van der Waals surface area contributed by atoms with Gasteiger partial charge in [0.05, 0.1) is 0 Å². The summed E-state index contributed by atoms with van der Waals surface area (Å²) in [7, 11) is 2.19. The van der Waals surface area contributed by atoms with Crippen LogP contribution >= 0.6 is 15.9 Å². The van der Waals surface area contributed by atoms with Gasteiger partial charge in [-0.15, -0.1) is 0 Å². The summed E-state index contributed by atoms with van der Waals surface area (Å²) >= 11 is 3.56. The van der Waals surface area contributed by atoms with Crippen molar-refractivity contribution in [2.24, 2.45) is 5.41 Å². The molecule has 1 aromatic carbocycles. The average molecular weight is 326 g/mol. The molecule has 2 rings (SSSR count). The second-order valence-corrected chi connectivity index (χ2v) is 7.44. The third-order valence-corrected chi connectivity index (χ3v) is 5.15. The number of phenols is 1. The van der Waals surface area contributed by atoms with Crippen molar-refractivity contribution in [3.63, 3.8) is 0 Å². The first-order valence-corrected chi connectivity index (χ1v) is 7.84. The zero-order valence-electron chi connectivity index (χ0n) is 12.1. The van der Waals surface area contributed by atoms with Crippen LogP contribution in [0.15, 0.2) is 22.7 Å². The fourth-order valence-corrected chi connectivity index (χ4v) is 3.28. The molecule has 0 heterocycles. The lowest BCUT2D eigenvalue weighted by molar-refractivity contribution is 0.123. The molecule has 0 aromatic heterocycles. The summed E-state index contributed by atoms with van der Waals surface area (Å²) in [5.74, 6) is 0.344. The third-order valence-electron chi connectivity index (χ3n) is 4.38. The van der Waals surface area contributed by atoms with Gasteiger partial charge in [-0.25, -0.2) is 0 Å². The third kappa shape index (κ3) is 3.96. The van der Waals surface area contributed by atoms with E-state index in [9.17, 15) is 5.11 Å². The quantitative estimate of drug-likeness (QED) is 0.880. The van der Waals surface area contributed by atoms with Gasteiger partial charge in [0.15, 0.2) is 0 Å². The number of aromatic hydroxyl groups is 1. The topological polar surface area (TPSA) is 23.5 Å². The van der Waals surface area contributed by atoms with E-state index < -0.39 is 0 Å². The Kier molecular flexibility index (Phi) is 4.57. The van der Waals surface area contributed by atoms with Crippen LogP contribution in [0.1, 0.15) is 45.1 Å². The molecular formula is C16H24BrNO. The van der Waals surface area contributed by atoms with Gasteiger partial charge in [0.25, 0.3) is 0 Å². The molecule has 1 N–H and O–H groups in total. The summed E-state index contributed by atoms with van der Waals surface area (Å²) in [5.41, 5.74) is 1.68. The Labute approximate surface area is 124 Å². The van der Waals surface area contributed by atoms with Crippen LogP contribution in [-0.2, 0) is 6.54 Å². The van der Waals surface area contributed by atoms with E-state index in [1.165, 1.54) is 25.7 Å². The first kappa shape index (κ1) is 14.9. The van der Waals surface area contributed by atoms with Gasteiger partial charge in [0.2, 0.25) is 0 Å². The minimum atomic E-state index is 0.344. The van der Waals surface area contributed by atoms with Crippen molar-refractivity contribution in [1.82, 2.24) is 4.90 Å². The Balaban J connectivity index is 1.98. The van der Waals surface area contributed by atoms with E-state index in [0.717, 1.165) is 16.6 Å². The smallest absolute Gasteiger partial charge is 0.115 e. The van der Waals surface area contributed by atoms with Crippen LogP contribution in [0.25, 0.3) is 0 Å². The predicted molar refractivity (Wildman–Crippen MR) is 83.3 cm³/mol.